The van der Waals surface area contributed by atoms with Gasteiger partial charge in [0.15, 0.2) is 11.0 Å². The first-order chi connectivity index (χ1) is 9.77. The second kappa shape index (κ2) is 5.88. The Morgan fingerprint density at radius 3 is 2.71 bits per heavy atom. The van der Waals surface area contributed by atoms with E-state index in [1.807, 2.05) is 4.57 Å². The fourth-order valence-electron chi connectivity index (χ4n) is 1.90. The molecular weight excluding hydrogens is 292 g/mol. The number of carbonyl (C=O) groups is 1. The molecule has 1 N–H and O–H groups in total. The Morgan fingerprint density at radius 1 is 1.48 bits per heavy atom. The molecule has 8 heteroatoms. The lowest BCUT2D eigenvalue weighted by molar-refractivity contribution is -0.133. The van der Waals surface area contributed by atoms with Gasteiger partial charge in [0.1, 0.15) is 0 Å². The Bertz CT molecular complexity index is 642. The van der Waals surface area contributed by atoms with Gasteiger partial charge in [-0.3, -0.25) is 4.79 Å². The highest BCUT2D eigenvalue weighted by Crippen LogP contribution is 2.28. The first-order valence-electron chi connectivity index (χ1n) is 6.47. The number of nitrogens with zero attached hydrogens (tertiary/aromatic N) is 4. The highest BCUT2D eigenvalue weighted by atomic mass is 32.2. The maximum Gasteiger partial charge on any atom is 0.313 e. The standard InChI is InChI=1S/C13H18N4O3S/c1-8-15-10(16-20-8)6-17-9(13(2,3)4)5-14-12(17)21-7-11(18)19/h5H,6-7H2,1-4H3,(H,18,19). The summed E-state index contributed by atoms with van der Waals surface area (Å²) in [6.07, 6.45) is 1.77. The average molecular weight is 310 g/mol. The van der Waals surface area contributed by atoms with Gasteiger partial charge in [0.05, 0.1) is 12.3 Å². The molecule has 0 atom stereocenters. The Kier molecular flexibility index (Phi) is 4.36. The van der Waals surface area contributed by atoms with E-state index < -0.39 is 5.97 Å². The Morgan fingerprint density at radius 2 is 2.19 bits per heavy atom. The summed E-state index contributed by atoms with van der Waals surface area (Å²) in [5.41, 5.74) is 0.881. The number of carboxylic acid groups (broad SMARTS) is 1. The minimum absolute atomic E-state index is 0.0358. The lowest BCUT2D eigenvalue weighted by Crippen LogP contribution is -2.19. The summed E-state index contributed by atoms with van der Waals surface area (Å²) in [5, 5.41) is 13.4. The maximum atomic E-state index is 10.8. The molecule has 0 radical (unpaired) electrons. The van der Waals surface area contributed by atoms with Gasteiger partial charge in [-0.25, -0.2) is 4.98 Å². The third kappa shape index (κ3) is 3.84. The average Bonchev–Trinajstić information content (AvgIpc) is 2.93. The molecular formula is C13H18N4O3S. The maximum absolute atomic E-state index is 10.8. The van der Waals surface area contributed by atoms with E-state index in [9.17, 15) is 4.79 Å². The second-order valence-corrected chi connectivity index (χ2v) is 6.62. The van der Waals surface area contributed by atoms with Gasteiger partial charge in [0, 0.05) is 24.2 Å². The smallest absolute Gasteiger partial charge is 0.313 e. The molecule has 2 rings (SSSR count). The van der Waals surface area contributed by atoms with Gasteiger partial charge in [-0.15, -0.1) is 0 Å². The lowest BCUT2D eigenvalue weighted by Gasteiger charge is -2.20. The molecule has 0 aliphatic carbocycles. The van der Waals surface area contributed by atoms with Gasteiger partial charge in [-0.05, 0) is 0 Å². The molecule has 0 saturated heterocycles. The predicted octanol–water partition coefficient (Wildman–Crippen LogP) is 2.10. The molecule has 21 heavy (non-hydrogen) atoms. The molecule has 0 aromatic carbocycles. The number of thioether (sulfide) groups is 1. The zero-order chi connectivity index (χ0) is 15.6. The first-order valence-corrected chi connectivity index (χ1v) is 7.45. The van der Waals surface area contributed by atoms with Crippen LogP contribution in [0.5, 0.6) is 0 Å². The second-order valence-electron chi connectivity index (χ2n) is 5.67. The molecule has 0 amide bonds. The van der Waals surface area contributed by atoms with Gasteiger partial charge < -0.3 is 14.2 Å². The van der Waals surface area contributed by atoms with E-state index in [1.165, 1.54) is 11.8 Å². The van der Waals surface area contributed by atoms with Crippen LogP contribution in [-0.4, -0.2) is 36.5 Å². The number of aromatic nitrogens is 4. The van der Waals surface area contributed by atoms with Crippen LogP contribution in [0.2, 0.25) is 0 Å². The van der Waals surface area contributed by atoms with Crippen molar-refractivity contribution in [3.8, 4) is 0 Å². The van der Waals surface area contributed by atoms with E-state index in [-0.39, 0.29) is 11.2 Å². The summed E-state index contributed by atoms with van der Waals surface area (Å²) in [6, 6.07) is 0. The number of imidazole rings is 1. The largest absolute Gasteiger partial charge is 0.481 e. The molecule has 0 unspecified atom stereocenters. The minimum atomic E-state index is -0.873. The Hall–Kier alpha value is -1.83. The monoisotopic (exact) mass is 310 g/mol. The topological polar surface area (TPSA) is 94.0 Å². The van der Waals surface area contributed by atoms with Crippen LogP contribution in [0, 0.1) is 6.92 Å². The lowest BCUT2D eigenvalue weighted by atomic mass is 9.92. The van der Waals surface area contributed by atoms with Crippen molar-refractivity contribution in [3.05, 3.63) is 23.6 Å². The molecule has 2 aromatic rings. The van der Waals surface area contributed by atoms with Crippen molar-refractivity contribution >= 4 is 17.7 Å². The Balaban J connectivity index is 2.33. The molecule has 7 nitrogen and oxygen atoms in total. The predicted molar refractivity (Wildman–Crippen MR) is 77.4 cm³/mol. The number of aliphatic carboxylic acids is 1. The van der Waals surface area contributed by atoms with Crippen LogP contribution in [0.15, 0.2) is 15.9 Å². The summed E-state index contributed by atoms with van der Waals surface area (Å²) in [5.74, 6) is 0.142. The summed E-state index contributed by atoms with van der Waals surface area (Å²) >= 11 is 1.18. The van der Waals surface area contributed by atoms with Gasteiger partial charge in [0.2, 0.25) is 5.89 Å². The van der Waals surface area contributed by atoms with E-state index in [0.717, 1.165) is 5.69 Å². The SMILES string of the molecule is Cc1nc(Cn2c(C(C)(C)C)cnc2SCC(=O)O)no1. The van der Waals surface area contributed by atoms with Crippen molar-refractivity contribution in [1.82, 2.24) is 19.7 Å². The normalized spacial score (nSPS) is 11.8. The summed E-state index contributed by atoms with van der Waals surface area (Å²) in [4.78, 5) is 19.3. The highest BCUT2D eigenvalue weighted by molar-refractivity contribution is 7.99. The third-order valence-electron chi connectivity index (χ3n) is 2.78. The van der Waals surface area contributed by atoms with Gasteiger partial charge in [0.25, 0.3) is 0 Å². The van der Waals surface area contributed by atoms with Crippen molar-refractivity contribution < 1.29 is 14.4 Å². The Labute approximate surface area is 126 Å². The van der Waals surface area contributed by atoms with Crippen LogP contribution in [-0.2, 0) is 16.8 Å². The van der Waals surface area contributed by atoms with E-state index >= 15 is 0 Å². The number of hydrogen-bond donors (Lipinski definition) is 1. The van der Waals surface area contributed by atoms with Crippen LogP contribution in [0.1, 0.15) is 38.2 Å². The van der Waals surface area contributed by atoms with Crippen LogP contribution in [0.4, 0.5) is 0 Å². The fourth-order valence-corrected chi connectivity index (χ4v) is 2.60. The number of hydrogen-bond acceptors (Lipinski definition) is 6. The van der Waals surface area contributed by atoms with Crippen LogP contribution in [0.3, 0.4) is 0 Å². The number of aryl methyl sites for hydroxylation is 1. The molecule has 0 fully saturated rings. The zero-order valence-corrected chi connectivity index (χ0v) is 13.3. The molecule has 0 aliphatic rings. The van der Waals surface area contributed by atoms with Crippen LogP contribution >= 0.6 is 11.8 Å². The third-order valence-corrected chi connectivity index (χ3v) is 3.76. The molecule has 0 aliphatic heterocycles. The molecule has 2 aromatic heterocycles. The van der Waals surface area contributed by atoms with Gasteiger partial charge in [-0.1, -0.05) is 37.7 Å². The van der Waals surface area contributed by atoms with Crippen LogP contribution < -0.4 is 0 Å². The molecule has 0 bridgehead atoms. The summed E-state index contributed by atoms with van der Waals surface area (Å²) < 4.78 is 6.92. The van der Waals surface area contributed by atoms with Crippen LogP contribution in [0.25, 0.3) is 0 Å². The zero-order valence-electron chi connectivity index (χ0n) is 12.5. The summed E-state index contributed by atoms with van der Waals surface area (Å²) in [6.45, 7) is 8.37. The number of carboxylic acids is 1. The van der Waals surface area contributed by atoms with Crippen molar-refractivity contribution in [2.75, 3.05) is 5.75 Å². The van der Waals surface area contributed by atoms with Gasteiger partial charge >= 0.3 is 5.97 Å². The summed E-state index contributed by atoms with van der Waals surface area (Å²) in [7, 11) is 0. The van der Waals surface area contributed by atoms with Crippen molar-refractivity contribution in [2.24, 2.45) is 0 Å². The highest BCUT2D eigenvalue weighted by Gasteiger charge is 2.23. The van der Waals surface area contributed by atoms with E-state index in [2.05, 4.69) is 35.9 Å². The van der Waals surface area contributed by atoms with Crippen molar-refractivity contribution in [3.63, 3.8) is 0 Å². The van der Waals surface area contributed by atoms with Crippen molar-refractivity contribution in [1.29, 1.82) is 0 Å². The number of rotatable bonds is 5. The van der Waals surface area contributed by atoms with Crippen molar-refractivity contribution in [2.45, 2.75) is 44.8 Å². The van der Waals surface area contributed by atoms with E-state index in [0.29, 0.717) is 23.4 Å². The molecule has 0 saturated carbocycles. The van der Waals surface area contributed by atoms with E-state index in [4.69, 9.17) is 9.63 Å². The minimum Gasteiger partial charge on any atom is -0.481 e. The van der Waals surface area contributed by atoms with Gasteiger partial charge in [-0.2, -0.15) is 4.98 Å². The first kappa shape index (κ1) is 15.6. The molecule has 2 heterocycles. The fraction of sp³-hybridized carbons (Fsp3) is 0.538. The molecule has 0 spiro atoms. The van der Waals surface area contributed by atoms with E-state index in [1.54, 1.807) is 13.1 Å². The quantitative estimate of drug-likeness (QED) is 0.845. The molecule has 114 valence electrons.